The van der Waals surface area contributed by atoms with Gasteiger partial charge in [-0.25, -0.2) is 0 Å². The van der Waals surface area contributed by atoms with E-state index in [0.29, 0.717) is 5.02 Å². The summed E-state index contributed by atoms with van der Waals surface area (Å²) in [4.78, 5) is 5.11. The molecule has 0 spiro atoms. The van der Waals surface area contributed by atoms with Crippen LogP contribution in [0.5, 0.6) is 0 Å². The summed E-state index contributed by atoms with van der Waals surface area (Å²) in [6.07, 6.45) is 6.05. The molecule has 0 amide bonds. The lowest BCUT2D eigenvalue weighted by molar-refractivity contribution is 0.557. The smallest absolute Gasteiger partial charge is 0.0669 e. The third-order valence-electron chi connectivity index (χ3n) is 2.45. The molecule has 0 aliphatic carbocycles. The highest BCUT2D eigenvalue weighted by Gasteiger charge is 2.15. The lowest BCUT2D eigenvalue weighted by Crippen LogP contribution is -2.22. The van der Waals surface area contributed by atoms with E-state index in [9.17, 15) is 0 Å². The van der Waals surface area contributed by atoms with Gasteiger partial charge in [0, 0.05) is 18.4 Å². The second-order valence-electron chi connectivity index (χ2n) is 3.60. The Balaban J connectivity index is 2.16. The van der Waals surface area contributed by atoms with E-state index in [-0.39, 0.29) is 6.04 Å². The van der Waals surface area contributed by atoms with Gasteiger partial charge in [0.1, 0.15) is 0 Å². The van der Waals surface area contributed by atoms with Crippen LogP contribution in [-0.2, 0) is 6.42 Å². The Morgan fingerprint density at radius 3 is 3.00 bits per heavy atom. The third-order valence-corrected chi connectivity index (χ3v) is 3.57. The molecule has 0 bridgehead atoms. The summed E-state index contributed by atoms with van der Waals surface area (Å²) in [6.45, 7) is 2.97. The first-order valence-electron chi connectivity index (χ1n) is 5.40. The average Bonchev–Trinajstić information content (AvgIpc) is 2.85. The SMILES string of the molecule is CCNC(Cc1ccncc1Cl)c1cnns1. The molecule has 0 saturated heterocycles. The van der Waals surface area contributed by atoms with Gasteiger partial charge in [-0.15, -0.1) is 5.10 Å². The van der Waals surface area contributed by atoms with Gasteiger partial charge < -0.3 is 5.32 Å². The number of rotatable bonds is 5. The zero-order valence-electron chi connectivity index (χ0n) is 9.43. The fraction of sp³-hybridized carbons (Fsp3) is 0.364. The minimum Gasteiger partial charge on any atom is -0.309 e. The first-order chi connectivity index (χ1) is 8.31. The van der Waals surface area contributed by atoms with Crippen LogP contribution >= 0.6 is 23.1 Å². The maximum absolute atomic E-state index is 6.11. The molecule has 1 atom stereocenters. The quantitative estimate of drug-likeness (QED) is 0.905. The minimum atomic E-state index is 0.208. The van der Waals surface area contributed by atoms with Crippen LogP contribution in [0.2, 0.25) is 5.02 Å². The molecule has 6 heteroatoms. The van der Waals surface area contributed by atoms with Gasteiger partial charge in [0.25, 0.3) is 0 Å². The van der Waals surface area contributed by atoms with Crippen molar-refractivity contribution in [1.29, 1.82) is 0 Å². The number of hydrogen-bond donors (Lipinski definition) is 1. The van der Waals surface area contributed by atoms with Crippen LogP contribution in [-0.4, -0.2) is 21.1 Å². The highest BCUT2D eigenvalue weighted by atomic mass is 35.5. The molecule has 17 heavy (non-hydrogen) atoms. The fourth-order valence-electron chi connectivity index (χ4n) is 1.64. The summed E-state index contributed by atoms with van der Waals surface area (Å²) in [5, 5.41) is 7.99. The molecule has 2 aromatic heterocycles. The zero-order chi connectivity index (χ0) is 12.1. The molecule has 0 aromatic carbocycles. The number of nitrogens with one attached hydrogen (secondary N) is 1. The molecule has 0 radical (unpaired) electrons. The second-order valence-corrected chi connectivity index (χ2v) is 4.83. The Labute approximate surface area is 109 Å². The molecule has 0 aliphatic rings. The molecule has 0 aliphatic heterocycles. The molecule has 1 unspecified atom stereocenters. The van der Waals surface area contributed by atoms with Crippen LogP contribution in [0, 0.1) is 0 Å². The lowest BCUT2D eigenvalue weighted by atomic mass is 10.1. The van der Waals surface area contributed by atoms with Crippen molar-refractivity contribution < 1.29 is 0 Å². The van der Waals surface area contributed by atoms with Crippen LogP contribution in [0.4, 0.5) is 0 Å². The molecule has 2 rings (SSSR count). The third kappa shape index (κ3) is 3.21. The second kappa shape index (κ2) is 6.05. The number of halogens is 1. The maximum atomic E-state index is 6.11. The summed E-state index contributed by atoms with van der Waals surface area (Å²) in [6, 6.07) is 2.15. The van der Waals surface area contributed by atoms with Crippen molar-refractivity contribution in [1.82, 2.24) is 19.9 Å². The van der Waals surface area contributed by atoms with E-state index in [1.54, 1.807) is 18.6 Å². The zero-order valence-corrected chi connectivity index (χ0v) is 11.0. The van der Waals surface area contributed by atoms with Crippen molar-refractivity contribution in [2.24, 2.45) is 0 Å². The largest absolute Gasteiger partial charge is 0.309 e. The molecule has 2 aromatic rings. The maximum Gasteiger partial charge on any atom is 0.0669 e. The number of hydrogen-bond acceptors (Lipinski definition) is 5. The lowest BCUT2D eigenvalue weighted by Gasteiger charge is -2.15. The Morgan fingerprint density at radius 2 is 2.35 bits per heavy atom. The number of likely N-dealkylation sites (N-methyl/N-ethyl adjacent to an activating group) is 1. The van der Waals surface area contributed by atoms with E-state index in [0.717, 1.165) is 23.4 Å². The molecular weight excluding hydrogens is 256 g/mol. The van der Waals surface area contributed by atoms with Crippen molar-refractivity contribution in [2.75, 3.05) is 6.54 Å². The van der Waals surface area contributed by atoms with Crippen LogP contribution in [0.15, 0.2) is 24.7 Å². The molecule has 0 fully saturated rings. The van der Waals surface area contributed by atoms with Crippen LogP contribution in [0.1, 0.15) is 23.4 Å². The van der Waals surface area contributed by atoms with E-state index in [1.807, 2.05) is 6.07 Å². The molecule has 0 saturated carbocycles. The molecule has 4 nitrogen and oxygen atoms in total. The predicted molar refractivity (Wildman–Crippen MR) is 69.3 cm³/mol. The highest BCUT2D eigenvalue weighted by Crippen LogP contribution is 2.23. The highest BCUT2D eigenvalue weighted by molar-refractivity contribution is 7.05. The van der Waals surface area contributed by atoms with Gasteiger partial charge in [-0.3, -0.25) is 4.98 Å². The van der Waals surface area contributed by atoms with Crippen LogP contribution in [0.25, 0.3) is 0 Å². The van der Waals surface area contributed by atoms with Crippen molar-refractivity contribution in [2.45, 2.75) is 19.4 Å². The normalized spacial score (nSPS) is 12.6. The van der Waals surface area contributed by atoms with Gasteiger partial charge in [0.15, 0.2) is 0 Å². The number of nitrogens with zero attached hydrogens (tertiary/aromatic N) is 3. The summed E-state index contributed by atoms with van der Waals surface area (Å²) in [5.74, 6) is 0. The number of pyridine rings is 1. The molecule has 1 N–H and O–H groups in total. The van der Waals surface area contributed by atoms with Crippen LogP contribution in [0.3, 0.4) is 0 Å². The Hall–Kier alpha value is -1.04. The van der Waals surface area contributed by atoms with Gasteiger partial charge >= 0.3 is 0 Å². The summed E-state index contributed by atoms with van der Waals surface area (Å²) >= 11 is 7.53. The number of aromatic nitrogens is 3. The molecular formula is C11H13ClN4S. The van der Waals surface area contributed by atoms with E-state index < -0.39 is 0 Å². The molecule has 90 valence electrons. The van der Waals surface area contributed by atoms with E-state index in [1.165, 1.54) is 11.5 Å². The van der Waals surface area contributed by atoms with Gasteiger partial charge in [-0.1, -0.05) is 23.0 Å². The van der Waals surface area contributed by atoms with Crippen molar-refractivity contribution in [3.8, 4) is 0 Å². The fourth-order valence-corrected chi connectivity index (χ4v) is 2.41. The predicted octanol–water partition coefficient (Wildman–Crippen LogP) is 2.48. The van der Waals surface area contributed by atoms with Crippen molar-refractivity contribution >= 4 is 23.1 Å². The van der Waals surface area contributed by atoms with Gasteiger partial charge in [0.2, 0.25) is 0 Å². The monoisotopic (exact) mass is 268 g/mol. The van der Waals surface area contributed by atoms with Gasteiger partial charge in [-0.05, 0) is 36.1 Å². The Morgan fingerprint density at radius 1 is 1.47 bits per heavy atom. The van der Waals surface area contributed by atoms with Crippen molar-refractivity contribution in [3.63, 3.8) is 0 Å². The first kappa shape index (κ1) is 12.4. The van der Waals surface area contributed by atoms with E-state index in [4.69, 9.17) is 11.6 Å². The topological polar surface area (TPSA) is 50.7 Å². The summed E-state index contributed by atoms with van der Waals surface area (Å²) < 4.78 is 3.90. The van der Waals surface area contributed by atoms with Crippen molar-refractivity contribution in [3.05, 3.63) is 40.1 Å². The van der Waals surface area contributed by atoms with E-state index in [2.05, 4.69) is 26.8 Å². The minimum absolute atomic E-state index is 0.208. The summed E-state index contributed by atoms with van der Waals surface area (Å²) in [5.41, 5.74) is 1.08. The molecule has 2 heterocycles. The van der Waals surface area contributed by atoms with Gasteiger partial charge in [0.05, 0.1) is 16.1 Å². The van der Waals surface area contributed by atoms with Crippen LogP contribution < -0.4 is 5.32 Å². The Bertz CT molecular complexity index is 460. The first-order valence-corrected chi connectivity index (χ1v) is 6.55. The van der Waals surface area contributed by atoms with E-state index >= 15 is 0 Å². The summed E-state index contributed by atoms with van der Waals surface area (Å²) in [7, 11) is 0. The Kier molecular flexibility index (Phi) is 4.42. The standard InChI is InChI=1S/C11H13ClN4S/c1-2-14-10(11-7-15-16-17-11)5-8-3-4-13-6-9(8)12/h3-4,6-7,10,14H,2,5H2,1H3. The average molecular weight is 269 g/mol. The van der Waals surface area contributed by atoms with Gasteiger partial charge in [-0.2, -0.15) is 0 Å².